The Morgan fingerprint density at radius 3 is 2.53 bits per heavy atom. The van der Waals surface area contributed by atoms with E-state index in [1.165, 1.54) is 6.20 Å². The molecule has 4 rings (SSSR count). The van der Waals surface area contributed by atoms with Crippen molar-refractivity contribution in [1.29, 1.82) is 0 Å². The molecule has 1 aliphatic rings. The van der Waals surface area contributed by atoms with Crippen molar-refractivity contribution >= 4 is 29.7 Å². The molecule has 1 amide bonds. The van der Waals surface area contributed by atoms with Gasteiger partial charge in [-0.2, -0.15) is 0 Å². The minimum absolute atomic E-state index is 0.0659. The molecule has 7 nitrogen and oxygen atoms in total. The normalized spacial score (nSPS) is 13.9. The summed E-state index contributed by atoms with van der Waals surface area (Å²) in [5.41, 5.74) is 1.61. The molecule has 0 atom stereocenters. The number of benzene rings is 1. The molecular formula is C23H22ClFN4O3. The van der Waals surface area contributed by atoms with Crippen LogP contribution in [0.25, 0.3) is 0 Å². The topological polar surface area (TPSA) is 95.4 Å². The summed E-state index contributed by atoms with van der Waals surface area (Å²) in [5.74, 6) is -0.453. The first-order valence-corrected chi connectivity index (χ1v) is 10.2. The molecule has 0 unspecified atom stereocenters. The average Bonchev–Trinajstić information content (AvgIpc) is 2.77. The number of amides is 1. The molecule has 0 bridgehead atoms. The Morgan fingerprint density at radius 1 is 1.19 bits per heavy atom. The van der Waals surface area contributed by atoms with Gasteiger partial charge in [-0.1, -0.05) is 29.8 Å². The van der Waals surface area contributed by atoms with E-state index in [9.17, 15) is 9.18 Å². The van der Waals surface area contributed by atoms with Crippen molar-refractivity contribution in [2.45, 2.75) is 13.0 Å². The molecule has 1 aromatic carbocycles. The number of nitrogens with zero attached hydrogens (tertiary/aromatic N) is 3. The summed E-state index contributed by atoms with van der Waals surface area (Å²) in [5, 5.41) is 10.5. The van der Waals surface area contributed by atoms with Crippen LogP contribution in [-0.4, -0.2) is 40.5 Å². The molecule has 1 saturated heterocycles. The zero-order chi connectivity index (χ0) is 23.0. The van der Waals surface area contributed by atoms with Crippen LogP contribution in [0.5, 0.6) is 0 Å². The van der Waals surface area contributed by atoms with Gasteiger partial charge in [-0.3, -0.25) is 19.6 Å². The Kier molecular flexibility index (Phi) is 7.72. The molecule has 1 aliphatic heterocycles. The number of pyridine rings is 2. The lowest BCUT2D eigenvalue weighted by Gasteiger charge is -2.50. The summed E-state index contributed by atoms with van der Waals surface area (Å²) in [6.07, 6.45) is 4.98. The van der Waals surface area contributed by atoms with E-state index in [2.05, 4.69) is 15.3 Å². The van der Waals surface area contributed by atoms with Crippen molar-refractivity contribution in [1.82, 2.24) is 15.3 Å². The molecule has 32 heavy (non-hydrogen) atoms. The number of nitrogens with one attached hydrogen (secondary N) is 1. The maximum Gasteiger partial charge on any atom is 0.290 e. The number of rotatable bonds is 6. The average molecular weight is 457 g/mol. The van der Waals surface area contributed by atoms with E-state index in [1.807, 2.05) is 47.4 Å². The van der Waals surface area contributed by atoms with Gasteiger partial charge in [0.25, 0.3) is 6.47 Å². The highest BCUT2D eigenvalue weighted by Gasteiger charge is 2.49. The highest BCUT2D eigenvalue weighted by Crippen LogP contribution is 2.38. The second-order valence-corrected chi connectivity index (χ2v) is 7.81. The number of anilines is 1. The number of aromatic nitrogens is 2. The number of hydrogen-bond donors (Lipinski definition) is 2. The number of carbonyl (C=O) groups excluding carboxylic acids is 1. The predicted octanol–water partition coefficient (Wildman–Crippen LogP) is 3.34. The lowest BCUT2D eigenvalue weighted by Crippen LogP contribution is -2.64. The Labute approximate surface area is 189 Å². The number of carboxylic acid groups (broad SMARTS) is 1. The Hall–Kier alpha value is -3.52. The van der Waals surface area contributed by atoms with Crippen molar-refractivity contribution in [3.63, 3.8) is 0 Å². The molecule has 2 N–H and O–H groups in total. The fourth-order valence-corrected chi connectivity index (χ4v) is 3.79. The maximum absolute atomic E-state index is 14.1. The van der Waals surface area contributed by atoms with Gasteiger partial charge in [0.1, 0.15) is 0 Å². The summed E-state index contributed by atoms with van der Waals surface area (Å²) < 4.78 is 14.1. The Morgan fingerprint density at radius 2 is 1.91 bits per heavy atom. The van der Waals surface area contributed by atoms with Crippen LogP contribution in [0.15, 0.2) is 67.1 Å². The lowest BCUT2D eigenvalue weighted by atomic mass is 9.73. The smallest absolute Gasteiger partial charge is 0.290 e. The van der Waals surface area contributed by atoms with E-state index < -0.39 is 5.41 Å². The highest BCUT2D eigenvalue weighted by molar-refractivity contribution is 6.30. The number of halogens is 2. The molecule has 0 spiro atoms. The van der Waals surface area contributed by atoms with Gasteiger partial charge in [0, 0.05) is 30.5 Å². The van der Waals surface area contributed by atoms with E-state index >= 15 is 0 Å². The first-order chi connectivity index (χ1) is 15.5. The zero-order valence-electron chi connectivity index (χ0n) is 17.1. The number of hydrogen-bond acceptors (Lipinski definition) is 5. The molecule has 2 aromatic heterocycles. The summed E-state index contributed by atoms with van der Waals surface area (Å²) in [7, 11) is 0. The van der Waals surface area contributed by atoms with E-state index in [1.54, 1.807) is 18.5 Å². The largest absolute Gasteiger partial charge is 0.483 e. The second-order valence-electron chi connectivity index (χ2n) is 7.38. The molecule has 0 saturated carbocycles. The van der Waals surface area contributed by atoms with Gasteiger partial charge < -0.3 is 15.3 Å². The molecule has 0 aliphatic carbocycles. The van der Waals surface area contributed by atoms with Crippen molar-refractivity contribution in [3.8, 4) is 0 Å². The molecule has 9 heteroatoms. The predicted molar refractivity (Wildman–Crippen MR) is 119 cm³/mol. The zero-order valence-corrected chi connectivity index (χ0v) is 17.9. The third-order valence-electron chi connectivity index (χ3n) is 5.17. The second kappa shape index (κ2) is 10.7. The third-order valence-corrected chi connectivity index (χ3v) is 5.42. The van der Waals surface area contributed by atoms with Crippen LogP contribution >= 0.6 is 11.6 Å². The van der Waals surface area contributed by atoms with E-state index in [-0.39, 0.29) is 18.2 Å². The van der Waals surface area contributed by atoms with E-state index in [4.69, 9.17) is 21.5 Å². The van der Waals surface area contributed by atoms with Crippen molar-refractivity contribution < 1.29 is 19.1 Å². The minimum atomic E-state index is -0.654. The monoisotopic (exact) mass is 456 g/mol. The fourth-order valence-electron chi connectivity index (χ4n) is 3.67. The molecule has 1 fully saturated rings. The fraction of sp³-hybridized carbons (Fsp3) is 0.217. The molecule has 0 radical (unpaired) electrons. The van der Waals surface area contributed by atoms with Crippen LogP contribution in [-0.2, 0) is 22.6 Å². The van der Waals surface area contributed by atoms with Crippen LogP contribution in [0.2, 0.25) is 5.02 Å². The molecule has 3 aromatic rings. The van der Waals surface area contributed by atoms with Crippen molar-refractivity contribution in [2.75, 3.05) is 18.0 Å². The highest BCUT2D eigenvalue weighted by atomic mass is 35.5. The van der Waals surface area contributed by atoms with Gasteiger partial charge in [-0.15, -0.1) is 0 Å². The standard InChI is InChI=1S/C22H20ClFN4O.CH2O2/c23-17-6-4-16(5-7-17)11-22(21(29)27-12-18-3-1-2-9-26-18)14-28(15-22)20-8-10-25-13-19(20)24;2-1-3/h1-10,13H,11-12,14-15H2,(H,27,29);1H,(H,2,3). The van der Waals surface area contributed by atoms with Gasteiger partial charge in [-0.25, -0.2) is 4.39 Å². The lowest BCUT2D eigenvalue weighted by molar-refractivity contribution is -0.132. The van der Waals surface area contributed by atoms with Crippen molar-refractivity contribution in [3.05, 3.63) is 89.2 Å². The van der Waals surface area contributed by atoms with Gasteiger partial charge in [0.2, 0.25) is 5.91 Å². The van der Waals surface area contributed by atoms with Crippen LogP contribution in [0, 0.1) is 11.2 Å². The summed E-state index contributed by atoms with van der Waals surface area (Å²) in [6, 6.07) is 14.7. The maximum atomic E-state index is 14.1. The SMILES string of the molecule is O=C(NCc1ccccn1)C1(Cc2ccc(Cl)cc2)CN(c2ccncc2F)C1.O=CO. The minimum Gasteiger partial charge on any atom is -0.483 e. The first-order valence-electron chi connectivity index (χ1n) is 9.82. The van der Waals surface area contributed by atoms with E-state index in [0.29, 0.717) is 36.8 Å². The van der Waals surface area contributed by atoms with Gasteiger partial charge in [0.05, 0.1) is 29.5 Å². The van der Waals surface area contributed by atoms with Crippen molar-refractivity contribution in [2.24, 2.45) is 5.41 Å². The Bertz CT molecular complexity index is 1040. The summed E-state index contributed by atoms with van der Waals surface area (Å²) in [6.45, 7) is 0.945. The van der Waals surface area contributed by atoms with Gasteiger partial charge in [0.15, 0.2) is 5.82 Å². The third kappa shape index (κ3) is 5.59. The van der Waals surface area contributed by atoms with E-state index in [0.717, 1.165) is 11.3 Å². The Balaban J connectivity index is 0.000000913. The quantitative estimate of drug-likeness (QED) is 0.552. The van der Waals surface area contributed by atoms with Crippen LogP contribution < -0.4 is 10.2 Å². The molecule has 3 heterocycles. The number of carbonyl (C=O) groups is 2. The summed E-state index contributed by atoms with van der Waals surface area (Å²) >= 11 is 5.99. The summed E-state index contributed by atoms with van der Waals surface area (Å²) in [4.78, 5) is 31.4. The van der Waals surface area contributed by atoms with Crippen LogP contribution in [0.4, 0.5) is 10.1 Å². The van der Waals surface area contributed by atoms with Gasteiger partial charge >= 0.3 is 0 Å². The molecule has 166 valence electrons. The first kappa shape index (κ1) is 23.1. The van der Waals surface area contributed by atoms with Crippen LogP contribution in [0.1, 0.15) is 11.3 Å². The molecular weight excluding hydrogens is 435 g/mol. The van der Waals surface area contributed by atoms with Gasteiger partial charge in [-0.05, 0) is 42.3 Å². The van der Waals surface area contributed by atoms with Crippen LogP contribution in [0.3, 0.4) is 0 Å².